The Balaban J connectivity index is 2.55. The number of benzene rings is 1. The number of aryl methyl sites for hydroxylation is 1. The molecule has 0 spiro atoms. The van der Waals surface area contributed by atoms with Crippen LogP contribution in [0.3, 0.4) is 0 Å². The van der Waals surface area contributed by atoms with E-state index in [1.165, 1.54) is 0 Å². The zero-order valence-corrected chi connectivity index (χ0v) is 14.5. The van der Waals surface area contributed by atoms with Gasteiger partial charge in [-0.05, 0) is 59.3 Å². The van der Waals surface area contributed by atoms with Crippen molar-refractivity contribution in [1.29, 1.82) is 0 Å². The topological polar surface area (TPSA) is 83.5 Å². The zero-order valence-electron chi connectivity index (χ0n) is 12.1. The molecule has 0 aromatic heterocycles. The Morgan fingerprint density at radius 2 is 2.05 bits per heavy atom. The van der Waals surface area contributed by atoms with Gasteiger partial charge < -0.3 is 5.11 Å². The van der Waals surface area contributed by atoms with Crippen LogP contribution in [0.25, 0.3) is 0 Å². The first-order valence-electron chi connectivity index (χ1n) is 6.70. The number of carboxylic acid groups (broad SMARTS) is 1. The predicted molar refractivity (Wildman–Crippen MR) is 84.7 cm³/mol. The van der Waals surface area contributed by atoms with Gasteiger partial charge in [0.25, 0.3) is 0 Å². The summed E-state index contributed by atoms with van der Waals surface area (Å²) in [5.41, 5.74) is 0.975. The minimum absolute atomic E-state index is 0.109. The highest BCUT2D eigenvalue weighted by molar-refractivity contribution is 9.10. The van der Waals surface area contributed by atoms with E-state index in [0.29, 0.717) is 23.9 Å². The molecule has 0 aliphatic carbocycles. The average Bonchev–Trinajstić information content (AvgIpc) is 2.35. The lowest BCUT2D eigenvalue weighted by Crippen LogP contribution is -2.26. The lowest BCUT2D eigenvalue weighted by molar-refractivity contribution is -0.137. The molecule has 0 radical (unpaired) electrons. The second-order valence-electron chi connectivity index (χ2n) is 5.16. The van der Waals surface area contributed by atoms with Crippen molar-refractivity contribution in [3.05, 3.63) is 28.2 Å². The number of carboxylic acids is 1. The number of nitrogens with one attached hydrogen (secondary N) is 1. The number of hydrogen-bond acceptors (Lipinski definition) is 3. The van der Waals surface area contributed by atoms with Gasteiger partial charge in [-0.3, -0.25) is 4.79 Å². The van der Waals surface area contributed by atoms with Crippen LogP contribution in [-0.4, -0.2) is 26.0 Å². The van der Waals surface area contributed by atoms with Gasteiger partial charge in [-0.2, -0.15) is 0 Å². The van der Waals surface area contributed by atoms with Crippen molar-refractivity contribution in [3.8, 4) is 0 Å². The lowest BCUT2D eigenvalue weighted by atomic mass is 10.0. The monoisotopic (exact) mass is 377 g/mol. The molecular formula is C14H20BrNO4S. The fourth-order valence-electron chi connectivity index (χ4n) is 1.86. The largest absolute Gasteiger partial charge is 0.481 e. The van der Waals surface area contributed by atoms with Crippen LogP contribution in [0.15, 0.2) is 27.6 Å². The van der Waals surface area contributed by atoms with E-state index in [1.54, 1.807) is 18.2 Å². The van der Waals surface area contributed by atoms with Crippen LogP contribution in [0, 0.1) is 12.8 Å². The fraction of sp³-hybridized carbons (Fsp3) is 0.500. The number of rotatable bonds is 8. The molecule has 0 saturated carbocycles. The SMILES string of the molecule is Cc1ccc(S(=O)(=O)NCCC(C)CCC(=O)O)c(Br)c1. The predicted octanol–water partition coefficient (Wildman–Crippen LogP) is 2.93. The van der Waals surface area contributed by atoms with E-state index in [9.17, 15) is 13.2 Å². The van der Waals surface area contributed by atoms with Gasteiger partial charge in [0.2, 0.25) is 10.0 Å². The van der Waals surface area contributed by atoms with Crippen molar-refractivity contribution in [2.24, 2.45) is 5.92 Å². The Hall–Kier alpha value is -0.920. The fourth-order valence-corrected chi connectivity index (χ4v) is 4.09. The maximum absolute atomic E-state index is 12.2. The minimum Gasteiger partial charge on any atom is -0.481 e. The summed E-state index contributed by atoms with van der Waals surface area (Å²) in [6.07, 6.45) is 1.26. The molecular weight excluding hydrogens is 358 g/mol. The van der Waals surface area contributed by atoms with Crippen molar-refractivity contribution in [1.82, 2.24) is 4.72 Å². The molecule has 118 valence electrons. The number of halogens is 1. The Kier molecular flexibility index (Phi) is 6.83. The van der Waals surface area contributed by atoms with Crippen LogP contribution >= 0.6 is 15.9 Å². The Bertz CT molecular complexity index is 601. The van der Waals surface area contributed by atoms with Gasteiger partial charge in [0.15, 0.2) is 0 Å². The molecule has 2 N–H and O–H groups in total. The summed E-state index contributed by atoms with van der Waals surface area (Å²) in [6, 6.07) is 5.06. The highest BCUT2D eigenvalue weighted by atomic mass is 79.9. The second kappa shape index (κ2) is 7.91. The van der Waals surface area contributed by atoms with Crippen molar-refractivity contribution in [2.45, 2.75) is 38.0 Å². The lowest BCUT2D eigenvalue weighted by Gasteiger charge is -2.12. The molecule has 1 aromatic rings. The summed E-state index contributed by atoms with van der Waals surface area (Å²) in [4.78, 5) is 10.7. The molecule has 1 rings (SSSR count). The van der Waals surface area contributed by atoms with Gasteiger partial charge in [0.05, 0.1) is 4.90 Å². The van der Waals surface area contributed by atoms with Gasteiger partial charge in [0, 0.05) is 17.4 Å². The number of hydrogen-bond donors (Lipinski definition) is 2. The molecule has 0 bridgehead atoms. The minimum atomic E-state index is -3.55. The summed E-state index contributed by atoms with van der Waals surface area (Å²) in [5.74, 6) is -0.670. The van der Waals surface area contributed by atoms with Crippen LogP contribution in [0.5, 0.6) is 0 Å². The molecule has 0 aliphatic rings. The molecule has 0 saturated heterocycles. The summed E-state index contributed by atoms with van der Waals surface area (Å²) >= 11 is 3.26. The molecule has 5 nitrogen and oxygen atoms in total. The molecule has 0 heterocycles. The highest BCUT2D eigenvalue weighted by Crippen LogP contribution is 2.23. The van der Waals surface area contributed by atoms with Crippen molar-refractivity contribution < 1.29 is 18.3 Å². The van der Waals surface area contributed by atoms with Crippen molar-refractivity contribution in [3.63, 3.8) is 0 Å². The molecule has 21 heavy (non-hydrogen) atoms. The molecule has 7 heteroatoms. The first kappa shape index (κ1) is 18.1. The first-order valence-corrected chi connectivity index (χ1v) is 8.97. The summed E-state index contributed by atoms with van der Waals surface area (Å²) in [6.45, 7) is 4.10. The Labute approximate surface area is 133 Å². The van der Waals surface area contributed by atoms with Crippen molar-refractivity contribution in [2.75, 3.05) is 6.54 Å². The smallest absolute Gasteiger partial charge is 0.303 e. The summed E-state index contributed by atoms with van der Waals surface area (Å²) < 4.78 is 27.4. The van der Waals surface area contributed by atoms with Crippen LogP contribution < -0.4 is 4.72 Å². The second-order valence-corrected chi connectivity index (χ2v) is 7.75. The third kappa shape index (κ3) is 6.15. The molecule has 1 unspecified atom stereocenters. The van der Waals surface area contributed by atoms with Gasteiger partial charge in [-0.15, -0.1) is 0 Å². The van der Waals surface area contributed by atoms with Gasteiger partial charge in [-0.1, -0.05) is 13.0 Å². The number of carbonyl (C=O) groups is 1. The zero-order chi connectivity index (χ0) is 16.0. The van der Waals surface area contributed by atoms with E-state index in [4.69, 9.17) is 5.11 Å². The molecule has 1 atom stereocenters. The van der Waals surface area contributed by atoms with Crippen LogP contribution in [0.1, 0.15) is 31.7 Å². The quantitative estimate of drug-likeness (QED) is 0.729. The highest BCUT2D eigenvalue weighted by Gasteiger charge is 2.17. The van der Waals surface area contributed by atoms with Gasteiger partial charge in [-0.25, -0.2) is 13.1 Å². The van der Waals surface area contributed by atoms with E-state index in [2.05, 4.69) is 20.7 Å². The first-order chi connectivity index (χ1) is 9.72. The van der Waals surface area contributed by atoms with E-state index < -0.39 is 16.0 Å². The van der Waals surface area contributed by atoms with Gasteiger partial charge in [0.1, 0.15) is 0 Å². The van der Waals surface area contributed by atoms with E-state index in [-0.39, 0.29) is 17.2 Å². The molecule has 0 fully saturated rings. The summed E-state index contributed by atoms with van der Waals surface area (Å²) in [7, 11) is -3.55. The third-order valence-corrected chi connectivity index (χ3v) is 5.59. The standard InChI is InChI=1S/C14H20BrNO4S/c1-10(4-6-14(17)18)7-8-16-21(19,20)13-5-3-11(2)9-12(13)15/h3,5,9-10,16H,4,6-8H2,1-2H3,(H,17,18). The van der Waals surface area contributed by atoms with Gasteiger partial charge >= 0.3 is 5.97 Å². The van der Waals surface area contributed by atoms with Crippen LogP contribution in [0.2, 0.25) is 0 Å². The Morgan fingerprint density at radius 1 is 1.38 bits per heavy atom. The normalized spacial score (nSPS) is 13.1. The molecule has 0 aliphatic heterocycles. The van der Waals surface area contributed by atoms with Crippen LogP contribution in [-0.2, 0) is 14.8 Å². The molecule has 1 aromatic carbocycles. The van der Waals surface area contributed by atoms with E-state index >= 15 is 0 Å². The van der Waals surface area contributed by atoms with E-state index in [0.717, 1.165) is 5.56 Å². The number of aliphatic carboxylic acids is 1. The number of sulfonamides is 1. The summed E-state index contributed by atoms with van der Waals surface area (Å²) in [5, 5.41) is 8.60. The maximum Gasteiger partial charge on any atom is 0.303 e. The third-order valence-electron chi connectivity index (χ3n) is 3.16. The van der Waals surface area contributed by atoms with Crippen LogP contribution in [0.4, 0.5) is 0 Å². The average molecular weight is 378 g/mol. The Morgan fingerprint density at radius 3 is 2.62 bits per heavy atom. The maximum atomic E-state index is 12.2. The van der Waals surface area contributed by atoms with E-state index in [1.807, 2.05) is 13.8 Å². The molecule has 0 amide bonds. The van der Waals surface area contributed by atoms with Crippen molar-refractivity contribution >= 4 is 31.9 Å².